The third-order valence-corrected chi connectivity index (χ3v) is 7.78. The van der Waals surface area contributed by atoms with Crippen LogP contribution in [0.25, 0.3) is 32.3 Å². The highest BCUT2D eigenvalue weighted by Gasteiger charge is 2.17. The molecule has 3 nitrogen and oxygen atoms in total. The second-order valence-corrected chi connectivity index (χ2v) is 10.0. The van der Waals surface area contributed by atoms with Crippen LogP contribution in [0.15, 0.2) is 60.8 Å². The largest absolute Gasteiger partial charge is 0.248 e. The lowest BCUT2D eigenvalue weighted by Crippen LogP contribution is -2.02. The molecule has 3 heteroatoms. The van der Waals surface area contributed by atoms with Crippen molar-refractivity contribution in [1.82, 2.24) is 15.0 Å². The van der Waals surface area contributed by atoms with Crippen molar-refractivity contribution in [3.05, 3.63) is 72.1 Å². The number of nitrogens with zero attached hydrogens (tertiary/aromatic N) is 3. The van der Waals surface area contributed by atoms with Gasteiger partial charge >= 0.3 is 0 Å². The van der Waals surface area contributed by atoms with E-state index in [0.29, 0.717) is 5.92 Å². The molecule has 1 saturated carbocycles. The Morgan fingerprint density at radius 1 is 0.667 bits per heavy atom. The molecule has 0 bridgehead atoms. The minimum absolute atomic E-state index is 0.568. The molecule has 0 spiro atoms. The van der Waals surface area contributed by atoms with Crippen LogP contribution in [0.3, 0.4) is 0 Å². The molecule has 5 aromatic rings. The first kappa shape index (κ1) is 20.7. The maximum atomic E-state index is 4.66. The number of hydrogen-bond donors (Lipinski definition) is 0. The zero-order valence-electron chi connectivity index (χ0n) is 19.5. The first-order valence-corrected chi connectivity index (χ1v) is 12.9. The zero-order chi connectivity index (χ0) is 22.0. The minimum Gasteiger partial charge on any atom is -0.248 e. The Hall–Kier alpha value is -2.94. The van der Waals surface area contributed by atoms with E-state index in [-0.39, 0.29) is 0 Å². The minimum atomic E-state index is 0.568. The predicted molar refractivity (Wildman–Crippen MR) is 138 cm³/mol. The lowest BCUT2D eigenvalue weighted by Gasteiger charge is -2.14. The second-order valence-electron chi connectivity index (χ2n) is 10.0. The standard InChI is InChI=1S/C30H33N3/c1-2-4-6-8-11-22(10-7-5-3-1)28-21-33(32-31-28)20-26-17-16-25-15-14-23-12-9-13-24-18-19-27(26)30(25)29(23)24/h9,12-19,21-22H,1-8,10-11,20H2. The molecule has 1 aliphatic rings. The number of aromatic nitrogens is 3. The van der Waals surface area contributed by atoms with E-state index in [0.717, 1.165) is 6.54 Å². The van der Waals surface area contributed by atoms with E-state index in [1.165, 1.54) is 108 Å². The highest BCUT2D eigenvalue weighted by molar-refractivity contribution is 6.23. The molecule has 0 atom stereocenters. The molecule has 0 saturated heterocycles. The predicted octanol–water partition coefficient (Wildman–Crippen LogP) is 8.22. The van der Waals surface area contributed by atoms with Crippen LogP contribution in [0, 0.1) is 0 Å². The van der Waals surface area contributed by atoms with Gasteiger partial charge in [0.05, 0.1) is 12.2 Å². The average Bonchev–Trinajstić information content (AvgIpc) is 3.29. The van der Waals surface area contributed by atoms with Crippen molar-refractivity contribution in [1.29, 1.82) is 0 Å². The summed E-state index contributed by atoms with van der Waals surface area (Å²) < 4.78 is 2.06. The van der Waals surface area contributed by atoms with Gasteiger partial charge in [0.25, 0.3) is 0 Å². The van der Waals surface area contributed by atoms with E-state index >= 15 is 0 Å². The van der Waals surface area contributed by atoms with Crippen molar-refractivity contribution >= 4 is 32.3 Å². The Balaban J connectivity index is 1.29. The van der Waals surface area contributed by atoms with Gasteiger partial charge in [-0.15, -0.1) is 5.10 Å². The van der Waals surface area contributed by atoms with Crippen LogP contribution in [0.2, 0.25) is 0 Å². The van der Waals surface area contributed by atoms with Gasteiger partial charge in [0.2, 0.25) is 0 Å². The molecule has 0 N–H and O–H groups in total. The van der Waals surface area contributed by atoms with E-state index in [2.05, 4.69) is 75.8 Å². The Bertz CT molecular complexity index is 1340. The lowest BCUT2D eigenvalue weighted by molar-refractivity contribution is 0.504. The van der Waals surface area contributed by atoms with E-state index in [1.54, 1.807) is 0 Å². The van der Waals surface area contributed by atoms with Crippen LogP contribution >= 0.6 is 0 Å². The van der Waals surface area contributed by atoms with Gasteiger partial charge in [0.1, 0.15) is 0 Å². The summed E-state index contributed by atoms with van der Waals surface area (Å²) in [7, 11) is 0. The highest BCUT2D eigenvalue weighted by atomic mass is 15.4. The van der Waals surface area contributed by atoms with Gasteiger partial charge in [-0.1, -0.05) is 111 Å². The molecule has 0 unspecified atom stereocenters. The quantitative estimate of drug-likeness (QED) is 0.267. The van der Waals surface area contributed by atoms with Gasteiger partial charge in [0, 0.05) is 12.1 Å². The molecule has 1 heterocycles. The second kappa shape index (κ2) is 9.13. The molecule has 4 aromatic carbocycles. The molecule has 0 aliphatic heterocycles. The van der Waals surface area contributed by atoms with Crippen molar-refractivity contribution in [2.24, 2.45) is 0 Å². The maximum Gasteiger partial charge on any atom is 0.0858 e. The summed E-state index contributed by atoms with van der Waals surface area (Å²) in [6.45, 7) is 0.772. The van der Waals surface area contributed by atoms with Gasteiger partial charge in [-0.25, -0.2) is 4.68 Å². The molecule has 168 valence electrons. The summed E-state index contributed by atoms with van der Waals surface area (Å²) in [5, 5.41) is 17.3. The van der Waals surface area contributed by atoms with Crippen molar-refractivity contribution in [3.8, 4) is 0 Å². The Morgan fingerprint density at radius 3 is 2.00 bits per heavy atom. The fourth-order valence-electron chi connectivity index (χ4n) is 5.97. The van der Waals surface area contributed by atoms with Gasteiger partial charge < -0.3 is 0 Å². The highest BCUT2D eigenvalue weighted by Crippen LogP contribution is 2.36. The van der Waals surface area contributed by atoms with Crippen molar-refractivity contribution < 1.29 is 0 Å². The summed E-state index contributed by atoms with van der Waals surface area (Å²) in [5.74, 6) is 0.568. The van der Waals surface area contributed by atoms with Gasteiger partial charge in [0.15, 0.2) is 0 Å². The average molecular weight is 436 g/mol. The first-order valence-electron chi connectivity index (χ1n) is 12.9. The molecular weight excluding hydrogens is 402 g/mol. The summed E-state index contributed by atoms with van der Waals surface area (Å²) in [5.41, 5.74) is 2.52. The Labute approximate surface area is 196 Å². The molecule has 1 fully saturated rings. The summed E-state index contributed by atoms with van der Waals surface area (Å²) in [6.07, 6.45) is 15.8. The van der Waals surface area contributed by atoms with Crippen LogP contribution in [0.4, 0.5) is 0 Å². The van der Waals surface area contributed by atoms with Crippen LogP contribution in [-0.2, 0) is 6.54 Å². The molecule has 6 rings (SSSR count). The van der Waals surface area contributed by atoms with Crippen molar-refractivity contribution in [2.45, 2.75) is 76.7 Å². The summed E-state index contributed by atoms with van der Waals surface area (Å²) >= 11 is 0. The number of benzene rings is 4. The van der Waals surface area contributed by atoms with E-state index in [9.17, 15) is 0 Å². The van der Waals surface area contributed by atoms with E-state index < -0.39 is 0 Å². The zero-order valence-corrected chi connectivity index (χ0v) is 19.5. The molecule has 1 aromatic heterocycles. The summed E-state index contributed by atoms with van der Waals surface area (Å²) in [6, 6.07) is 20.2. The fraction of sp³-hybridized carbons (Fsp3) is 0.400. The molecule has 1 aliphatic carbocycles. The van der Waals surface area contributed by atoms with Crippen molar-refractivity contribution in [3.63, 3.8) is 0 Å². The topological polar surface area (TPSA) is 30.7 Å². The van der Waals surface area contributed by atoms with Crippen molar-refractivity contribution in [2.75, 3.05) is 0 Å². The van der Waals surface area contributed by atoms with Crippen LogP contribution in [-0.4, -0.2) is 15.0 Å². The van der Waals surface area contributed by atoms with Crippen LogP contribution < -0.4 is 0 Å². The number of hydrogen-bond acceptors (Lipinski definition) is 2. The molecule has 33 heavy (non-hydrogen) atoms. The maximum absolute atomic E-state index is 4.66. The Morgan fingerprint density at radius 2 is 1.27 bits per heavy atom. The van der Waals surface area contributed by atoms with Gasteiger partial charge in [-0.3, -0.25) is 0 Å². The van der Waals surface area contributed by atoms with Crippen LogP contribution in [0.5, 0.6) is 0 Å². The number of rotatable bonds is 3. The molecular formula is C30H33N3. The third kappa shape index (κ3) is 4.10. The molecule has 0 amide bonds. The monoisotopic (exact) mass is 435 g/mol. The van der Waals surface area contributed by atoms with Gasteiger partial charge in [-0.05, 0) is 50.7 Å². The lowest BCUT2D eigenvalue weighted by atomic mass is 9.92. The van der Waals surface area contributed by atoms with E-state index in [4.69, 9.17) is 0 Å². The normalized spacial score (nSPS) is 17.1. The fourth-order valence-corrected chi connectivity index (χ4v) is 5.97. The third-order valence-electron chi connectivity index (χ3n) is 7.78. The summed E-state index contributed by atoms with van der Waals surface area (Å²) in [4.78, 5) is 0. The SMILES string of the molecule is c1cc2ccc3ccc(Cn4cc(C5CCCCCCCCCC5)nn4)c4ccc(c1)c2c34. The molecule has 0 radical (unpaired) electrons. The van der Waals surface area contributed by atoms with E-state index in [1.807, 2.05) is 0 Å². The first-order chi connectivity index (χ1) is 16.4. The smallest absolute Gasteiger partial charge is 0.0858 e. The van der Waals surface area contributed by atoms with Crippen LogP contribution in [0.1, 0.15) is 81.4 Å². The Kier molecular flexibility index (Phi) is 5.71. The van der Waals surface area contributed by atoms with Gasteiger partial charge in [-0.2, -0.15) is 0 Å².